The van der Waals surface area contributed by atoms with Gasteiger partial charge in [-0.05, 0) is 43.5 Å². The minimum atomic E-state index is -0.575. The van der Waals surface area contributed by atoms with Crippen LogP contribution in [0, 0.1) is 18.2 Å². The molecule has 0 spiro atoms. The van der Waals surface area contributed by atoms with Crippen LogP contribution in [-0.2, 0) is 15.0 Å². The van der Waals surface area contributed by atoms with E-state index in [1.165, 1.54) is 17.0 Å². The third kappa shape index (κ3) is 3.01. The number of rotatable bonds is 2. The largest absolute Gasteiger partial charge is 0.302 e. The Morgan fingerprint density at radius 1 is 1.15 bits per heavy atom. The van der Waals surface area contributed by atoms with Crippen LogP contribution in [0.3, 0.4) is 0 Å². The van der Waals surface area contributed by atoms with Crippen LogP contribution < -0.4 is 4.90 Å². The number of terminal acetylenes is 1. The van der Waals surface area contributed by atoms with Gasteiger partial charge in [-0.3, -0.25) is 14.5 Å². The van der Waals surface area contributed by atoms with Crippen LogP contribution in [0.1, 0.15) is 43.9 Å². The van der Waals surface area contributed by atoms with E-state index in [0.717, 1.165) is 22.9 Å². The van der Waals surface area contributed by atoms with Gasteiger partial charge >= 0.3 is 0 Å². The van der Waals surface area contributed by atoms with E-state index in [1.807, 2.05) is 44.2 Å². The molecule has 0 aromatic heterocycles. The maximum atomic E-state index is 15.1. The summed E-state index contributed by atoms with van der Waals surface area (Å²) in [5.74, 6) is 1.26. The summed E-state index contributed by atoms with van der Waals surface area (Å²) in [5, 5.41) is 0. The second-order valence-electron chi connectivity index (χ2n) is 9.34. The van der Waals surface area contributed by atoms with Gasteiger partial charge in [-0.2, -0.15) is 0 Å². The normalized spacial score (nSPS) is 25.5. The number of thiocarbonyl (C=S) groups is 1. The molecule has 1 unspecified atom stereocenters. The monoisotopic (exact) mass is 476 g/mol. The molecule has 7 heteroatoms. The Morgan fingerprint density at radius 2 is 1.85 bits per heavy atom. The van der Waals surface area contributed by atoms with Crippen LogP contribution in [-0.4, -0.2) is 33.1 Å². The molecule has 1 atom stereocenters. The summed E-state index contributed by atoms with van der Waals surface area (Å²) >= 11 is 6.39. The van der Waals surface area contributed by atoms with Gasteiger partial charge in [0.2, 0.25) is 0 Å². The fraction of sp³-hybridized carbons (Fsp3) is 0.269. The summed E-state index contributed by atoms with van der Waals surface area (Å²) in [6.45, 7) is 6.13. The number of carbonyl (C=O) groups excluding carboxylic acids is 2. The van der Waals surface area contributed by atoms with E-state index in [9.17, 15) is 9.59 Å². The number of carbonyl (C=O) groups is 2. The number of hydrogen-bond acceptors (Lipinski definition) is 4. The second-order valence-corrected chi connectivity index (χ2v) is 11.0. The van der Waals surface area contributed by atoms with Crippen LogP contribution in [0.25, 0.3) is 5.57 Å². The summed E-state index contributed by atoms with van der Waals surface area (Å²) in [5.41, 5.74) is 2.00. The first-order chi connectivity index (χ1) is 15.6. The van der Waals surface area contributed by atoms with Gasteiger partial charge in [-0.25, -0.2) is 4.39 Å². The van der Waals surface area contributed by atoms with Gasteiger partial charge in [0.15, 0.2) is 0 Å². The quantitative estimate of drug-likeness (QED) is 0.353. The van der Waals surface area contributed by atoms with Crippen LogP contribution in [0.5, 0.6) is 0 Å². The predicted octanol–water partition coefficient (Wildman–Crippen LogP) is 4.87. The van der Waals surface area contributed by atoms with Crippen molar-refractivity contribution in [1.29, 1.82) is 0 Å². The third-order valence-electron chi connectivity index (χ3n) is 6.71. The Kier molecular flexibility index (Phi) is 4.82. The summed E-state index contributed by atoms with van der Waals surface area (Å²) in [7, 11) is 0. The highest BCUT2D eigenvalue weighted by atomic mass is 32.2. The van der Waals surface area contributed by atoms with Crippen molar-refractivity contribution in [3.8, 4) is 12.3 Å². The zero-order valence-corrected chi connectivity index (χ0v) is 20.1. The van der Waals surface area contributed by atoms with Crippen molar-refractivity contribution in [1.82, 2.24) is 4.90 Å². The molecule has 0 bridgehead atoms. The zero-order valence-electron chi connectivity index (χ0n) is 18.4. The maximum Gasteiger partial charge on any atom is 0.267 e. The molecule has 2 amide bonds. The van der Waals surface area contributed by atoms with Crippen LogP contribution in [0.15, 0.2) is 47.4 Å². The van der Waals surface area contributed by atoms with Crippen molar-refractivity contribution in [3.05, 3.63) is 69.9 Å². The number of nitrogens with zero attached hydrogens (tertiary/aromatic N) is 2. The van der Waals surface area contributed by atoms with Crippen molar-refractivity contribution in [2.24, 2.45) is 0 Å². The highest BCUT2D eigenvalue weighted by molar-refractivity contribution is 8.26. The highest BCUT2D eigenvalue weighted by Crippen LogP contribution is 2.57. The molecule has 0 N–H and O–H groups in total. The first-order valence-corrected chi connectivity index (χ1v) is 11.8. The second kappa shape index (κ2) is 7.28. The molecule has 5 rings (SSSR count). The van der Waals surface area contributed by atoms with Gasteiger partial charge < -0.3 is 4.90 Å². The van der Waals surface area contributed by atoms with Crippen LogP contribution in [0.4, 0.5) is 10.1 Å². The predicted molar refractivity (Wildman–Crippen MR) is 133 cm³/mol. The summed E-state index contributed by atoms with van der Waals surface area (Å²) in [6.07, 6.45) is 5.99. The molecule has 2 aromatic rings. The van der Waals surface area contributed by atoms with Crippen LogP contribution >= 0.6 is 24.0 Å². The number of benzene rings is 2. The number of hydrogen-bond donors (Lipinski definition) is 0. The average Bonchev–Trinajstić information content (AvgIpc) is 3.20. The minimum Gasteiger partial charge on any atom is -0.302 e. The highest BCUT2D eigenvalue weighted by Gasteiger charge is 2.54. The Bertz CT molecular complexity index is 1330. The van der Waals surface area contributed by atoms with Gasteiger partial charge in [0, 0.05) is 16.5 Å². The molecule has 3 aliphatic rings. The topological polar surface area (TPSA) is 40.6 Å². The molecule has 0 radical (unpaired) electrons. The first kappa shape index (κ1) is 21.9. The molecule has 2 aromatic carbocycles. The van der Waals surface area contributed by atoms with Gasteiger partial charge in [-0.1, -0.05) is 67.2 Å². The van der Waals surface area contributed by atoms with Crippen LogP contribution in [0.2, 0.25) is 0 Å². The van der Waals surface area contributed by atoms with Gasteiger partial charge in [0.1, 0.15) is 10.1 Å². The molecule has 166 valence electrons. The van der Waals surface area contributed by atoms with Crippen molar-refractivity contribution in [3.63, 3.8) is 0 Å². The molecule has 33 heavy (non-hydrogen) atoms. The standard InChI is InChI=1S/C26H21FN2O2S2/c1-5-11-28-23(31)21(33-24(28)32)19-17-12-16(27)13-18-20(17)29(22(19)30)25(2,3)14-26(18,4)15-9-7-6-8-10-15/h1,6-10,12-13H,11,14H2,2-4H3/b21-19-. The molecule has 4 nitrogen and oxygen atoms in total. The first-order valence-electron chi connectivity index (χ1n) is 10.6. The lowest BCUT2D eigenvalue weighted by atomic mass is 9.65. The van der Waals surface area contributed by atoms with Gasteiger partial charge in [0.05, 0.1) is 22.7 Å². The van der Waals surface area contributed by atoms with E-state index in [-0.39, 0.29) is 22.9 Å². The molecule has 1 saturated heterocycles. The van der Waals surface area contributed by atoms with Gasteiger partial charge in [-0.15, -0.1) is 6.42 Å². The van der Waals surface area contributed by atoms with Crippen molar-refractivity contribution < 1.29 is 14.0 Å². The Balaban J connectivity index is 1.81. The summed E-state index contributed by atoms with van der Waals surface area (Å²) in [4.78, 5) is 30.2. The van der Waals surface area contributed by atoms with E-state index in [4.69, 9.17) is 18.6 Å². The molecule has 1 fully saturated rings. The van der Waals surface area contributed by atoms with E-state index >= 15 is 4.39 Å². The van der Waals surface area contributed by atoms with E-state index in [2.05, 4.69) is 12.8 Å². The van der Waals surface area contributed by atoms with Gasteiger partial charge in [0.25, 0.3) is 11.8 Å². The van der Waals surface area contributed by atoms with E-state index < -0.39 is 22.7 Å². The third-order valence-corrected chi connectivity index (χ3v) is 8.16. The molecule has 0 aliphatic carbocycles. The molecule has 3 aliphatic heterocycles. The molecular formula is C26H21FN2O2S2. The number of thioether (sulfide) groups is 1. The Hall–Kier alpha value is -2.95. The summed E-state index contributed by atoms with van der Waals surface area (Å²) < 4.78 is 15.4. The fourth-order valence-electron chi connectivity index (χ4n) is 5.46. The minimum absolute atomic E-state index is 0.0260. The lowest BCUT2D eigenvalue weighted by Gasteiger charge is -2.49. The summed E-state index contributed by atoms with van der Waals surface area (Å²) in [6, 6.07) is 12.8. The SMILES string of the molecule is C#CCN1C(=O)/C(=C2/C(=O)N3c4c2cc(F)cc4C(C)(c2ccccc2)CC3(C)C)SC1=S. The Labute approximate surface area is 201 Å². The average molecular weight is 477 g/mol. The smallest absolute Gasteiger partial charge is 0.267 e. The van der Waals surface area contributed by atoms with Crippen molar-refractivity contribution >= 4 is 51.4 Å². The Morgan fingerprint density at radius 3 is 2.52 bits per heavy atom. The maximum absolute atomic E-state index is 15.1. The number of amides is 2. The van der Waals surface area contributed by atoms with Crippen molar-refractivity contribution in [2.75, 3.05) is 11.4 Å². The fourth-order valence-corrected chi connectivity index (χ4v) is 6.78. The molecule has 0 saturated carbocycles. The lowest BCUT2D eigenvalue weighted by Crippen LogP contribution is -2.54. The molecule has 3 heterocycles. The number of halogens is 1. The molecular weight excluding hydrogens is 455 g/mol. The lowest BCUT2D eigenvalue weighted by molar-refractivity contribution is -0.122. The number of anilines is 1. The zero-order chi connectivity index (χ0) is 23.7. The van der Waals surface area contributed by atoms with E-state index in [0.29, 0.717) is 22.0 Å². The van der Waals surface area contributed by atoms with E-state index in [1.54, 1.807) is 4.90 Å². The van der Waals surface area contributed by atoms with Crippen molar-refractivity contribution in [2.45, 2.75) is 38.1 Å².